The first-order valence-corrected chi connectivity index (χ1v) is 13.4. The lowest BCUT2D eigenvalue weighted by atomic mass is 10.1. The Morgan fingerprint density at radius 1 is 1.17 bits per heavy atom. The molecule has 0 saturated carbocycles. The number of aliphatic hydroxyl groups is 1. The molecule has 1 rings (SSSR count). The molecule has 0 amide bonds. The lowest BCUT2D eigenvalue weighted by molar-refractivity contribution is 0.222. The van der Waals surface area contributed by atoms with Gasteiger partial charge in [0.15, 0.2) is 0 Å². The molecule has 0 bridgehead atoms. The van der Waals surface area contributed by atoms with Crippen molar-refractivity contribution >= 4 is 24.0 Å². The van der Waals surface area contributed by atoms with Gasteiger partial charge < -0.3 is 5.11 Å². The van der Waals surface area contributed by atoms with Crippen LogP contribution < -0.4 is 0 Å². The van der Waals surface area contributed by atoms with Crippen LogP contribution in [0.2, 0.25) is 25.7 Å². The maximum absolute atomic E-state index is 9.95. The van der Waals surface area contributed by atoms with Crippen LogP contribution in [-0.2, 0) is 6.42 Å². The zero-order valence-electron chi connectivity index (χ0n) is 15.3. The second kappa shape index (κ2) is 11.7. The molecule has 1 nitrogen and oxygen atoms in total. The van der Waals surface area contributed by atoms with Gasteiger partial charge >= 0.3 is 0 Å². The van der Waals surface area contributed by atoms with E-state index in [4.69, 9.17) is 0 Å². The number of rotatable bonds is 9. The van der Waals surface area contributed by atoms with Crippen LogP contribution in [-0.4, -0.2) is 19.3 Å². The fraction of sp³-hybridized carbons (Fsp3) is 0.524. The molecule has 0 aliphatic heterocycles. The average Bonchev–Trinajstić information content (AvgIpc) is 2.51. The SMILES string of the molecule is C[Si](C)(C)C/C=C\CCCCC#CC(O)CCc1ccccc1Br. The van der Waals surface area contributed by atoms with E-state index in [1.54, 1.807) is 0 Å². The minimum atomic E-state index is -0.927. The molecule has 1 aromatic carbocycles. The second-order valence-corrected chi connectivity index (χ2v) is 13.8. The zero-order chi connectivity index (χ0) is 17.8. The summed E-state index contributed by atoms with van der Waals surface area (Å²) in [6.07, 6.45) is 10.0. The first-order valence-electron chi connectivity index (χ1n) is 8.93. The third-order valence-corrected chi connectivity index (χ3v) is 5.97. The molecule has 0 aliphatic carbocycles. The topological polar surface area (TPSA) is 20.2 Å². The van der Waals surface area contributed by atoms with Gasteiger partial charge in [0.25, 0.3) is 0 Å². The Hall–Kier alpha value is -0.823. The van der Waals surface area contributed by atoms with E-state index in [2.05, 4.69) is 65.6 Å². The lowest BCUT2D eigenvalue weighted by Crippen LogP contribution is -2.17. The fourth-order valence-electron chi connectivity index (χ4n) is 2.29. The van der Waals surface area contributed by atoms with Gasteiger partial charge in [-0.2, -0.15) is 0 Å². The Morgan fingerprint density at radius 2 is 1.92 bits per heavy atom. The molecule has 1 aromatic rings. The molecule has 3 heteroatoms. The molecule has 0 saturated heterocycles. The summed E-state index contributed by atoms with van der Waals surface area (Å²) in [5, 5.41) is 9.95. The summed E-state index contributed by atoms with van der Waals surface area (Å²) in [6, 6.07) is 9.42. The van der Waals surface area contributed by atoms with E-state index in [1.165, 1.54) is 18.0 Å². The van der Waals surface area contributed by atoms with E-state index in [0.717, 1.165) is 30.2 Å². The van der Waals surface area contributed by atoms with Crippen LogP contribution in [0.25, 0.3) is 0 Å². The van der Waals surface area contributed by atoms with Crippen molar-refractivity contribution in [2.24, 2.45) is 0 Å². The maximum Gasteiger partial charge on any atom is 0.115 e. The minimum Gasteiger partial charge on any atom is -0.380 e. The van der Waals surface area contributed by atoms with E-state index in [1.807, 2.05) is 18.2 Å². The van der Waals surface area contributed by atoms with E-state index in [9.17, 15) is 5.11 Å². The Kier molecular flexibility index (Phi) is 10.3. The summed E-state index contributed by atoms with van der Waals surface area (Å²) in [6.45, 7) is 7.19. The van der Waals surface area contributed by atoms with E-state index < -0.39 is 14.2 Å². The quantitative estimate of drug-likeness (QED) is 0.224. The van der Waals surface area contributed by atoms with E-state index in [-0.39, 0.29) is 0 Å². The first kappa shape index (κ1) is 21.2. The Labute approximate surface area is 157 Å². The van der Waals surface area contributed by atoms with Crippen LogP contribution in [0, 0.1) is 11.8 Å². The van der Waals surface area contributed by atoms with E-state index in [0.29, 0.717) is 6.42 Å². The van der Waals surface area contributed by atoms with Crippen LogP contribution in [0.3, 0.4) is 0 Å². The number of benzene rings is 1. The standard InChI is InChI=1S/C21H31BrOSi/c1-24(2,3)18-12-8-6-4-5-7-9-14-20(23)17-16-19-13-10-11-15-21(19)22/h8,10-13,15,20,23H,4-7,16-18H2,1-3H3/b12-8-. The highest BCUT2D eigenvalue weighted by Crippen LogP contribution is 2.17. The third kappa shape index (κ3) is 10.9. The monoisotopic (exact) mass is 406 g/mol. The first-order chi connectivity index (χ1) is 11.4. The second-order valence-electron chi connectivity index (χ2n) is 7.45. The van der Waals surface area contributed by atoms with Crippen molar-refractivity contribution in [1.82, 2.24) is 0 Å². The van der Waals surface area contributed by atoms with E-state index >= 15 is 0 Å². The molecule has 1 N–H and O–H groups in total. The number of hydrogen-bond acceptors (Lipinski definition) is 1. The van der Waals surface area contributed by atoms with Crippen molar-refractivity contribution in [3.8, 4) is 11.8 Å². The number of hydrogen-bond donors (Lipinski definition) is 1. The molecule has 132 valence electrons. The zero-order valence-corrected chi connectivity index (χ0v) is 17.9. The van der Waals surface area contributed by atoms with Crippen LogP contribution in [0.1, 0.15) is 37.7 Å². The molecule has 0 spiro atoms. The van der Waals surface area contributed by atoms with Crippen molar-refractivity contribution in [2.75, 3.05) is 0 Å². The van der Waals surface area contributed by atoms with Gasteiger partial charge in [0.05, 0.1) is 0 Å². The van der Waals surface area contributed by atoms with Crippen molar-refractivity contribution in [1.29, 1.82) is 0 Å². The maximum atomic E-state index is 9.95. The minimum absolute atomic E-state index is 0.520. The Balaban J connectivity index is 2.12. The smallest absolute Gasteiger partial charge is 0.115 e. The summed E-state index contributed by atoms with van der Waals surface area (Å²) >= 11 is 3.54. The normalized spacial score (nSPS) is 12.9. The van der Waals surface area contributed by atoms with Gasteiger partial charge in [-0.25, -0.2) is 0 Å². The number of allylic oxidation sites excluding steroid dienone is 2. The van der Waals surface area contributed by atoms with Crippen LogP contribution >= 0.6 is 15.9 Å². The lowest BCUT2D eigenvalue weighted by Gasteiger charge is -2.11. The number of aliphatic hydroxyl groups excluding tert-OH is 1. The highest BCUT2D eigenvalue weighted by atomic mass is 79.9. The average molecular weight is 407 g/mol. The Morgan fingerprint density at radius 3 is 2.62 bits per heavy atom. The van der Waals surface area contributed by atoms with Crippen LogP contribution in [0.5, 0.6) is 0 Å². The van der Waals surface area contributed by atoms with Gasteiger partial charge in [0, 0.05) is 19.0 Å². The van der Waals surface area contributed by atoms with Gasteiger partial charge in [-0.1, -0.05) is 71.8 Å². The molecule has 1 unspecified atom stereocenters. The fourth-order valence-corrected chi connectivity index (χ4v) is 3.64. The Bertz CT molecular complexity index is 563. The molecule has 0 heterocycles. The number of unbranched alkanes of at least 4 members (excludes halogenated alkanes) is 3. The molecule has 24 heavy (non-hydrogen) atoms. The van der Waals surface area contributed by atoms with Gasteiger partial charge in [0.1, 0.15) is 6.10 Å². The summed E-state index contributed by atoms with van der Waals surface area (Å²) in [5.74, 6) is 6.09. The van der Waals surface area contributed by atoms with Crippen molar-refractivity contribution in [2.45, 2.75) is 70.3 Å². The van der Waals surface area contributed by atoms with Gasteiger partial charge in [-0.15, -0.1) is 5.92 Å². The van der Waals surface area contributed by atoms with Crippen LogP contribution in [0.15, 0.2) is 40.9 Å². The van der Waals surface area contributed by atoms with Crippen LogP contribution in [0.4, 0.5) is 0 Å². The largest absolute Gasteiger partial charge is 0.380 e. The summed E-state index contributed by atoms with van der Waals surface area (Å²) < 4.78 is 1.10. The number of aryl methyl sites for hydroxylation is 1. The summed E-state index contributed by atoms with van der Waals surface area (Å²) in [7, 11) is -0.927. The summed E-state index contributed by atoms with van der Waals surface area (Å²) in [5.41, 5.74) is 1.23. The van der Waals surface area contributed by atoms with Gasteiger partial charge in [-0.05, 0) is 49.8 Å². The van der Waals surface area contributed by atoms with Gasteiger partial charge in [-0.3, -0.25) is 0 Å². The highest BCUT2D eigenvalue weighted by Gasteiger charge is 2.09. The molecule has 0 aliphatic rings. The third-order valence-electron chi connectivity index (χ3n) is 3.73. The van der Waals surface area contributed by atoms with Crippen molar-refractivity contribution in [3.05, 3.63) is 46.5 Å². The van der Waals surface area contributed by atoms with Crippen molar-refractivity contribution < 1.29 is 5.11 Å². The van der Waals surface area contributed by atoms with Gasteiger partial charge in [0.2, 0.25) is 0 Å². The molecular weight excluding hydrogens is 376 g/mol. The molecule has 0 aromatic heterocycles. The predicted octanol–water partition coefficient (Wildman–Crippen LogP) is 6.20. The van der Waals surface area contributed by atoms with Crippen molar-refractivity contribution in [3.63, 3.8) is 0 Å². The predicted molar refractivity (Wildman–Crippen MR) is 112 cm³/mol. The molecular formula is C21H31BrOSi. The summed E-state index contributed by atoms with van der Waals surface area (Å²) in [4.78, 5) is 0. The number of halogens is 1. The highest BCUT2D eigenvalue weighted by molar-refractivity contribution is 9.10. The molecule has 0 radical (unpaired) electrons. The molecule has 1 atom stereocenters. The molecule has 0 fully saturated rings.